The van der Waals surface area contributed by atoms with Crippen molar-refractivity contribution in [3.8, 4) is 17.1 Å². The van der Waals surface area contributed by atoms with Crippen LogP contribution in [-0.4, -0.2) is 51.3 Å². The molecule has 220 valence electrons. The van der Waals surface area contributed by atoms with Crippen molar-refractivity contribution in [2.75, 3.05) is 24.6 Å². The zero-order valence-electron chi connectivity index (χ0n) is 25.1. The smallest absolute Gasteiger partial charge is 0.337 e. The van der Waals surface area contributed by atoms with Gasteiger partial charge in [-0.15, -0.1) is 0 Å². The number of aryl methyl sites for hydroxylation is 2. The van der Waals surface area contributed by atoms with E-state index in [2.05, 4.69) is 28.7 Å². The summed E-state index contributed by atoms with van der Waals surface area (Å²) in [4.78, 5) is 28.6. The number of hydrogen-bond donors (Lipinski definition) is 1. The number of aromatic nitrogens is 3. The van der Waals surface area contributed by atoms with Crippen molar-refractivity contribution in [2.24, 2.45) is 5.41 Å². The molecular weight excluding hydrogens is 523 g/mol. The number of hydrogen-bond acceptors (Lipinski definition) is 7. The van der Waals surface area contributed by atoms with Crippen LogP contribution >= 0.6 is 0 Å². The Morgan fingerprint density at radius 3 is 2.24 bits per heavy atom. The highest BCUT2D eigenvalue weighted by Crippen LogP contribution is 2.44. The molecule has 1 N–H and O–H groups in total. The van der Waals surface area contributed by atoms with E-state index in [4.69, 9.17) is 14.5 Å². The van der Waals surface area contributed by atoms with Crippen LogP contribution in [0.2, 0.25) is 0 Å². The van der Waals surface area contributed by atoms with Crippen LogP contribution in [0.15, 0.2) is 36.7 Å². The highest BCUT2D eigenvalue weighted by atomic mass is 19.1. The normalized spacial score (nSPS) is 16.0. The van der Waals surface area contributed by atoms with Crippen LogP contribution in [-0.2, 0) is 16.0 Å². The Morgan fingerprint density at radius 2 is 1.68 bits per heavy atom. The molecule has 0 amide bonds. The van der Waals surface area contributed by atoms with E-state index in [1.807, 2.05) is 34.6 Å². The summed E-state index contributed by atoms with van der Waals surface area (Å²) in [6.07, 6.45) is 4.74. The monoisotopic (exact) mass is 564 g/mol. The number of carbonyl (C=O) groups is 1. The molecule has 1 aliphatic heterocycles. The average molecular weight is 565 g/mol. The van der Waals surface area contributed by atoms with Gasteiger partial charge in [0.25, 0.3) is 0 Å². The summed E-state index contributed by atoms with van der Waals surface area (Å²) in [5.74, 6) is -1.33. The lowest BCUT2D eigenvalue weighted by Crippen LogP contribution is -2.39. The van der Waals surface area contributed by atoms with Crippen LogP contribution in [0.3, 0.4) is 0 Å². The molecule has 0 aliphatic carbocycles. The van der Waals surface area contributed by atoms with Crippen molar-refractivity contribution < 1.29 is 23.8 Å². The summed E-state index contributed by atoms with van der Waals surface area (Å²) >= 11 is 0. The molecule has 1 saturated heterocycles. The highest BCUT2D eigenvalue weighted by molar-refractivity contribution is 5.87. The number of nitrogens with zero attached hydrogens (tertiary/aromatic N) is 4. The fourth-order valence-corrected chi connectivity index (χ4v) is 5.19. The van der Waals surface area contributed by atoms with Gasteiger partial charge in [0.05, 0.1) is 17.9 Å². The fourth-order valence-electron chi connectivity index (χ4n) is 5.19. The molecule has 0 bridgehead atoms. The molecule has 1 aromatic carbocycles. The van der Waals surface area contributed by atoms with Gasteiger partial charge in [0.1, 0.15) is 5.82 Å². The van der Waals surface area contributed by atoms with Crippen LogP contribution in [0.4, 0.5) is 10.1 Å². The quantitative estimate of drug-likeness (QED) is 0.315. The number of pyridine rings is 1. The summed E-state index contributed by atoms with van der Waals surface area (Å²) < 4.78 is 25.1. The first-order valence-electron chi connectivity index (χ1n) is 14.1. The number of piperidine rings is 1. The van der Waals surface area contributed by atoms with Crippen LogP contribution < -0.4 is 9.64 Å². The molecule has 8 nitrogen and oxygen atoms in total. The van der Waals surface area contributed by atoms with Gasteiger partial charge in [0.2, 0.25) is 0 Å². The highest BCUT2D eigenvalue weighted by Gasteiger charge is 2.36. The van der Waals surface area contributed by atoms with Gasteiger partial charge >= 0.3 is 12.0 Å². The maximum absolute atomic E-state index is 13.2. The van der Waals surface area contributed by atoms with E-state index < -0.39 is 17.7 Å². The van der Waals surface area contributed by atoms with Crippen molar-refractivity contribution in [3.63, 3.8) is 0 Å². The minimum absolute atomic E-state index is 0.206. The molecule has 0 saturated carbocycles. The molecule has 0 spiro atoms. The second-order valence-electron chi connectivity index (χ2n) is 12.5. The van der Waals surface area contributed by atoms with Crippen LogP contribution in [0.25, 0.3) is 11.1 Å². The SMILES string of the molecule is Cc1nc(C)c(C(OC(C)(C)C)C(=O)O)c(N2CCC(C)(C)CC2)c1-c1cnc(OCCc2ccc(F)cc2)nc1. The van der Waals surface area contributed by atoms with Gasteiger partial charge in [-0.25, -0.2) is 19.2 Å². The minimum atomic E-state index is -1.19. The molecule has 1 fully saturated rings. The van der Waals surface area contributed by atoms with Gasteiger partial charge in [-0.3, -0.25) is 4.98 Å². The molecule has 1 atom stereocenters. The third-order valence-corrected chi connectivity index (χ3v) is 7.42. The van der Waals surface area contributed by atoms with E-state index >= 15 is 0 Å². The second-order valence-corrected chi connectivity index (χ2v) is 12.5. The van der Waals surface area contributed by atoms with Crippen LogP contribution in [0.5, 0.6) is 6.01 Å². The molecule has 4 rings (SSSR count). The Kier molecular flexibility index (Phi) is 8.97. The van der Waals surface area contributed by atoms with Gasteiger partial charge in [0.15, 0.2) is 6.10 Å². The van der Waals surface area contributed by atoms with E-state index in [0.29, 0.717) is 24.3 Å². The Balaban J connectivity index is 1.71. The Morgan fingerprint density at radius 1 is 1.07 bits per heavy atom. The Bertz CT molecular complexity index is 1360. The molecule has 3 heterocycles. The van der Waals surface area contributed by atoms with Gasteiger partial charge in [-0.2, -0.15) is 0 Å². The first kappa shape index (κ1) is 30.4. The van der Waals surface area contributed by atoms with E-state index in [0.717, 1.165) is 54.0 Å². The third kappa shape index (κ3) is 7.58. The number of halogens is 1. The minimum Gasteiger partial charge on any atom is -0.479 e. The number of rotatable bonds is 9. The van der Waals surface area contributed by atoms with Crippen molar-refractivity contribution in [1.82, 2.24) is 15.0 Å². The number of carboxylic acid groups (broad SMARTS) is 1. The Hall–Kier alpha value is -3.59. The molecule has 1 aliphatic rings. The largest absolute Gasteiger partial charge is 0.479 e. The fraction of sp³-hybridized carbons (Fsp3) is 0.500. The number of benzene rings is 1. The topological polar surface area (TPSA) is 97.7 Å². The number of ether oxygens (including phenoxy) is 2. The summed E-state index contributed by atoms with van der Waals surface area (Å²) in [6, 6.07) is 6.54. The molecule has 0 radical (unpaired) electrons. The molecular formula is C32H41FN4O4. The average Bonchev–Trinajstić information content (AvgIpc) is 2.88. The number of anilines is 1. The molecule has 2 aromatic heterocycles. The number of carboxylic acids is 1. The summed E-state index contributed by atoms with van der Waals surface area (Å²) in [5, 5.41) is 10.3. The first-order valence-corrected chi connectivity index (χ1v) is 14.1. The van der Waals surface area contributed by atoms with Crippen LogP contribution in [0, 0.1) is 25.1 Å². The van der Waals surface area contributed by atoms with Gasteiger partial charge in [-0.1, -0.05) is 26.0 Å². The van der Waals surface area contributed by atoms with E-state index in [1.54, 1.807) is 24.5 Å². The predicted octanol–water partition coefficient (Wildman–Crippen LogP) is 6.48. The summed E-state index contributed by atoms with van der Waals surface area (Å²) in [6.45, 7) is 15.8. The van der Waals surface area contributed by atoms with E-state index in [9.17, 15) is 14.3 Å². The lowest BCUT2D eigenvalue weighted by molar-refractivity contribution is -0.160. The van der Waals surface area contributed by atoms with E-state index in [1.165, 1.54) is 12.1 Å². The predicted molar refractivity (Wildman–Crippen MR) is 157 cm³/mol. The lowest BCUT2D eigenvalue weighted by atomic mass is 9.82. The van der Waals surface area contributed by atoms with Gasteiger partial charge in [-0.05, 0) is 70.6 Å². The van der Waals surface area contributed by atoms with Crippen LogP contribution in [0.1, 0.15) is 76.1 Å². The third-order valence-electron chi connectivity index (χ3n) is 7.42. The molecule has 3 aromatic rings. The zero-order valence-corrected chi connectivity index (χ0v) is 25.1. The van der Waals surface area contributed by atoms with Crippen molar-refractivity contribution in [2.45, 2.75) is 79.4 Å². The maximum atomic E-state index is 13.2. The number of aliphatic carboxylic acids is 1. The molecule has 9 heteroatoms. The summed E-state index contributed by atoms with van der Waals surface area (Å²) in [5.41, 5.74) is 4.77. The zero-order chi connectivity index (χ0) is 29.9. The second kappa shape index (κ2) is 12.1. The summed E-state index contributed by atoms with van der Waals surface area (Å²) in [7, 11) is 0. The maximum Gasteiger partial charge on any atom is 0.337 e. The lowest BCUT2D eigenvalue weighted by Gasteiger charge is -2.41. The molecule has 1 unspecified atom stereocenters. The Labute approximate surface area is 242 Å². The van der Waals surface area contributed by atoms with Crippen molar-refractivity contribution in [1.29, 1.82) is 0 Å². The van der Waals surface area contributed by atoms with Crippen molar-refractivity contribution >= 4 is 11.7 Å². The van der Waals surface area contributed by atoms with Crippen molar-refractivity contribution in [3.05, 3.63) is 65.0 Å². The van der Waals surface area contributed by atoms with E-state index in [-0.39, 0.29) is 17.2 Å². The molecule has 41 heavy (non-hydrogen) atoms. The standard InChI is InChI=1S/C32H41FN4O4/c1-20-25(23-18-34-30(35-19-23)40-17-12-22-8-10-24(33)11-9-22)27(37-15-13-32(6,7)14-16-37)26(21(2)36-20)28(29(38)39)41-31(3,4)5/h8-11,18-19,28H,12-17H2,1-7H3,(H,38,39). The first-order chi connectivity index (χ1) is 19.2. The van der Waals surface area contributed by atoms with Gasteiger partial charge in [0, 0.05) is 60.0 Å². The van der Waals surface area contributed by atoms with Gasteiger partial charge < -0.3 is 19.5 Å².